The maximum absolute atomic E-state index is 9.76. The van der Waals surface area contributed by atoms with Gasteiger partial charge in [0.2, 0.25) is 0 Å². The number of piperazine rings is 1. The Labute approximate surface area is 101 Å². The number of β-amino-alcohol motifs (C(OH)–C–C–N with tert-alkyl or cyclic N) is 1. The number of nitrogens with one attached hydrogen (secondary N) is 1. The minimum atomic E-state index is -0.670. The van der Waals surface area contributed by atoms with Crippen molar-refractivity contribution in [1.29, 1.82) is 0 Å². The highest BCUT2D eigenvalue weighted by atomic mass is 32.2. The number of rotatable bonds is 7. The monoisotopic (exact) mass is 250 g/mol. The molecule has 1 heterocycles. The van der Waals surface area contributed by atoms with Crippen LogP contribution in [-0.2, 0) is 0 Å². The quantitative estimate of drug-likeness (QED) is 0.433. The van der Waals surface area contributed by atoms with E-state index in [4.69, 9.17) is 10.2 Å². The third kappa shape index (κ3) is 6.03. The number of thioether (sulfide) groups is 1. The first-order chi connectivity index (χ1) is 7.72. The van der Waals surface area contributed by atoms with Gasteiger partial charge in [0, 0.05) is 44.2 Å². The molecule has 1 saturated heterocycles. The van der Waals surface area contributed by atoms with Gasteiger partial charge < -0.3 is 20.6 Å². The summed E-state index contributed by atoms with van der Waals surface area (Å²) in [4.78, 5) is 2.24. The van der Waals surface area contributed by atoms with Gasteiger partial charge >= 0.3 is 0 Å². The lowest BCUT2D eigenvalue weighted by Crippen LogP contribution is -2.46. The van der Waals surface area contributed by atoms with Crippen LogP contribution in [0.5, 0.6) is 0 Å². The second kappa shape index (κ2) is 8.27. The maximum Gasteiger partial charge on any atom is 0.0861 e. The SMILES string of the molecule is OCC(O)CSCC(O)CN1CCNCC1. The van der Waals surface area contributed by atoms with E-state index in [1.165, 1.54) is 11.8 Å². The van der Waals surface area contributed by atoms with E-state index in [2.05, 4.69) is 10.2 Å². The van der Waals surface area contributed by atoms with Gasteiger partial charge in [-0.2, -0.15) is 11.8 Å². The topological polar surface area (TPSA) is 76.0 Å². The van der Waals surface area contributed by atoms with E-state index in [9.17, 15) is 5.11 Å². The highest BCUT2D eigenvalue weighted by Crippen LogP contribution is 2.07. The van der Waals surface area contributed by atoms with Crippen molar-refractivity contribution in [3.63, 3.8) is 0 Å². The van der Waals surface area contributed by atoms with Crippen LogP contribution >= 0.6 is 11.8 Å². The molecule has 0 spiro atoms. The number of hydrogen-bond acceptors (Lipinski definition) is 6. The molecule has 1 fully saturated rings. The highest BCUT2D eigenvalue weighted by Gasteiger charge is 2.14. The Morgan fingerprint density at radius 3 is 2.38 bits per heavy atom. The van der Waals surface area contributed by atoms with E-state index in [0.29, 0.717) is 18.1 Å². The van der Waals surface area contributed by atoms with Gasteiger partial charge in [0.25, 0.3) is 0 Å². The number of aliphatic hydroxyl groups is 3. The molecule has 0 saturated carbocycles. The third-order valence-corrected chi connectivity index (χ3v) is 3.75. The van der Waals surface area contributed by atoms with Crippen molar-refractivity contribution in [2.45, 2.75) is 12.2 Å². The second-order valence-corrected chi connectivity index (χ2v) is 5.15. The van der Waals surface area contributed by atoms with Gasteiger partial charge in [0.05, 0.1) is 18.8 Å². The largest absolute Gasteiger partial charge is 0.394 e. The molecule has 0 aromatic heterocycles. The van der Waals surface area contributed by atoms with E-state index >= 15 is 0 Å². The van der Waals surface area contributed by atoms with Crippen molar-refractivity contribution in [3.05, 3.63) is 0 Å². The Hall–Kier alpha value is 0.150. The molecule has 1 aliphatic heterocycles. The summed E-state index contributed by atoms with van der Waals surface area (Å²) in [5.41, 5.74) is 0. The lowest BCUT2D eigenvalue weighted by Gasteiger charge is -2.29. The first-order valence-electron chi connectivity index (χ1n) is 5.70. The smallest absolute Gasteiger partial charge is 0.0861 e. The minimum absolute atomic E-state index is 0.207. The molecule has 0 aromatic rings. The fourth-order valence-corrected chi connectivity index (χ4v) is 2.53. The summed E-state index contributed by atoms with van der Waals surface area (Å²) >= 11 is 1.48. The molecule has 5 nitrogen and oxygen atoms in total. The second-order valence-electron chi connectivity index (χ2n) is 4.08. The molecule has 16 heavy (non-hydrogen) atoms. The predicted molar refractivity (Wildman–Crippen MR) is 65.7 cm³/mol. The van der Waals surface area contributed by atoms with Crippen LogP contribution in [0.1, 0.15) is 0 Å². The number of aliphatic hydroxyl groups excluding tert-OH is 3. The van der Waals surface area contributed by atoms with Crippen molar-refractivity contribution in [2.24, 2.45) is 0 Å². The van der Waals surface area contributed by atoms with E-state index in [1.54, 1.807) is 0 Å². The van der Waals surface area contributed by atoms with Crippen LogP contribution in [0.2, 0.25) is 0 Å². The molecule has 6 heteroatoms. The highest BCUT2D eigenvalue weighted by molar-refractivity contribution is 7.99. The van der Waals surface area contributed by atoms with E-state index in [1.807, 2.05) is 0 Å². The zero-order valence-corrected chi connectivity index (χ0v) is 10.3. The molecular formula is C10H22N2O3S. The Kier molecular flexibility index (Phi) is 7.35. The Balaban J connectivity index is 2.03. The molecule has 1 rings (SSSR count). The molecule has 2 unspecified atom stereocenters. The van der Waals surface area contributed by atoms with Crippen molar-refractivity contribution in [1.82, 2.24) is 10.2 Å². The van der Waals surface area contributed by atoms with Gasteiger partial charge in [-0.1, -0.05) is 0 Å². The van der Waals surface area contributed by atoms with Gasteiger partial charge in [-0.05, 0) is 0 Å². The Bertz CT molecular complexity index is 179. The summed E-state index contributed by atoms with van der Waals surface area (Å²) in [7, 11) is 0. The summed E-state index contributed by atoms with van der Waals surface area (Å²) in [6.45, 7) is 4.44. The minimum Gasteiger partial charge on any atom is -0.394 e. The van der Waals surface area contributed by atoms with Gasteiger partial charge in [0.15, 0.2) is 0 Å². The zero-order chi connectivity index (χ0) is 11.8. The Morgan fingerprint density at radius 2 is 1.75 bits per heavy atom. The van der Waals surface area contributed by atoms with Crippen LogP contribution in [0.4, 0.5) is 0 Å². The third-order valence-electron chi connectivity index (χ3n) is 2.51. The molecule has 0 bridgehead atoms. The molecule has 0 aromatic carbocycles. The molecule has 4 N–H and O–H groups in total. The first-order valence-corrected chi connectivity index (χ1v) is 6.85. The van der Waals surface area contributed by atoms with Crippen molar-refractivity contribution in [2.75, 3.05) is 50.8 Å². The lowest BCUT2D eigenvalue weighted by molar-refractivity contribution is 0.112. The fourth-order valence-electron chi connectivity index (χ4n) is 1.64. The Morgan fingerprint density at radius 1 is 1.12 bits per heavy atom. The predicted octanol–water partition coefficient (Wildman–Crippen LogP) is -1.66. The van der Waals surface area contributed by atoms with Gasteiger partial charge in [-0.25, -0.2) is 0 Å². The average molecular weight is 250 g/mol. The maximum atomic E-state index is 9.76. The lowest BCUT2D eigenvalue weighted by atomic mass is 10.3. The fraction of sp³-hybridized carbons (Fsp3) is 1.00. The molecule has 1 aliphatic rings. The van der Waals surface area contributed by atoms with E-state index in [0.717, 1.165) is 26.2 Å². The molecule has 0 radical (unpaired) electrons. The molecule has 96 valence electrons. The van der Waals surface area contributed by atoms with Crippen LogP contribution in [0.15, 0.2) is 0 Å². The first kappa shape index (κ1) is 14.2. The zero-order valence-electron chi connectivity index (χ0n) is 9.51. The average Bonchev–Trinajstić information content (AvgIpc) is 2.30. The van der Waals surface area contributed by atoms with Crippen molar-refractivity contribution < 1.29 is 15.3 Å². The van der Waals surface area contributed by atoms with Gasteiger partial charge in [-0.3, -0.25) is 4.90 Å². The van der Waals surface area contributed by atoms with Crippen LogP contribution in [0, 0.1) is 0 Å². The van der Waals surface area contributed by atoms with Crippen LogP contribution < -0.4 is 5.32 Å². The molecule has 2 atom stereocenters. The summed E-state index contributed by atoms with van der Waals surface area (Å²) in [6, 6.07) is 0. The van der Waals surface area contributed by atoms with E-state index < -0.39 is 6.10 Å². The summed E-state index contributed by atoms with van der Waals surface area (Å²) in [5.74, 6) is 1.09. The van der Waals surface area contributed by atoms with Crippen molar-refractivity contribution in [3.8, 4) is 0 Å². The van der Waals surface area contributed by atoms with Gasteiger partial charge in [-0.15, -0.1) is 0 Å². The molecule has 0 amide bonds. The van der Waals surface area contributed by atoms with Gasteiger partial charge in [0.1, 0.15) is 0 Å². The van der Waals surface area contributed by atoms with E-state index in [-0.39, 0.29) is 12.7 Å². The molecule has 0 aliphatic carbocycles. The van der Waals surface area contributed by atoms with Crippen molar-refractivity contribution >= 4 is 11.8 Å². The molecular weight excluding hydrogens is 228 g/mol. The van der Waals surface area contributed by atoms with Crippen LogP contribution in [-0.4, -0.2) is 83.3 Å². The standard InChI is InChI=1S/C10H22N2O3S/c13-6-10(15)8-16-7-9(14)5-12-3-1-11-2-4-12/h9-11,13-15H,1-8H2. The summed E-state index contributed by atoms with van der Waals surface area (Å²) < 4.78 is 0. The normalized spacial score (nSPS) is 21.9. The number of hydrogen-bond donors (Lipinski definition) is 4. The summed E-state index contributed by atoms with van der Waals surface area (Å²) in [5, 5.41) is 30.8. The van der Waals surface area contributed by atoms with Crippen LogP contribution in [0.25, 0.3) is 0 Å². The number of nitrogens with zero attached hydrogens (tertiary/aromatic N) is 1. The van der Waals surface area contributed by atoms with Crippen LogP contribution in [0.3, 0.4) is 0 Å². The summed E-state index contributed by atoms with van der Waals surface area (Å²) in [6.07, 6.45) is -1.02.